The van der Waals surface area contributed by atoms with Crippen molar-refractivity contribution in [3.63, 3.8) is 0 Å². The Morgan fingerprint density at radius 3 is 2.80 bits per heavy atom. The molecule has 3 rings (SSSR count). The Morgan fingerprint density at radius 1 is 1.28 bits per heavy atom. The van der Waals surface area contributed by atoms with Gasteiger partial charge in [0.15, 0.2) is 6.10 Å². The maximum absolute atomic E-state index is 12.4. The predicted molar refractivity (Wildman–Crippen MR) is 101 cm³/mol. The van der Waals surface area contributed by atoms with Crippen molar-refractivity contribution in [2.45, 2.75) is 26.4 Å². The molecule has 1 atom stereocenters. The smallest absolute Gasteiger partial charge is 0.267 e. The molecule has 1 heterocycles. The number of halogens is 1. The fourth-order valence-corrected chi connectivity index (χ4v) is 3.00. The highest BCUT2D eigenvalue weighted by Crippen LogP contribution is 2.33. The maximum atomic E-state index is 12.4. The van der Waals surface area contributed by atoms with Gasteiger partial charge in [0.2, 0.25) is 5.91 Å². The van der Waals surface area contributed by atoms with Crippen molar-refractivity contribution >= 4 is 39.1 Å². The van der Waals surface area contributed by atoms with E-state index < -0.39 is 6.10 Å². The van der Waals surface area contributed by atoms with Crippen molar-refractivity contribution in [1.29, 1.82) is 0 Å². The zero-order chi connectivity index (χ0) is 18.0. The summed E-state index contributed by atoms with van der Waals surface area (Å²) >= 11 is 3.44. The van der Waals surface area contributed by atoms with Crippen molar-refractivity contribution in [1.82, 2.24) is 0 Å². The molecular formula is C19H19BrN2O3. The molecule has 25 heavy (non-hydrogen) atoms. The van der Waals surface area contributed by atoms with Gasteiger partial charge in [-0.15, -0.1) is 0 Å². The van der Waals surface area contributed by atoms with Crippen LogP contribution in [0.3, 0.4) is 0 Å². The largest absolute Gasteiger partial charge is 0.479 e. The summed E-state index contributed by atoms with van der Waals surface area (Å²) in [6.45, 7) is 3.99. The standard InChI is InChI=1S/C19H19BrN2O3/c1-12-11-14(7-8-15(12)20)21-18(23)9-10-22-16-5-3-4-6-17(16)25-13(2)19(22)24/h3-8,11,13H,9-10H2,1-2H3,(H,21,23). The first-order chi connectivity index (χ1) is 12.0. The molecule has 5 nitrogen and oxygen atoms in total. The van der Waals surface area contributed by atoms with Crippen molar-refractivity contribution in [3.8, 4) is 5.75 Å². The monoisotopic (exact) mass is 402 g/mol. The Morgan fingerprint density at radius 2 is 2.04 bits per heavy atom. The second-order valence-electron chi connectivity index (χ2n) is 5.98. The number of hydrogen-bond acceptors (Lipinski definition) is 3. The van der Waals surface area contributed by atoms with E-state index in [4.69, 9.17) is 4.74 Å². The molecule has 130 valence electrons. The fourth-order valence-electron chi connectivity index (χ4n) is 2.75. The van der Waals surface area contributed by atoms with Crippen LogP contribution in [0.1, 0.15) is 18.9 Å². The lowest BCUT2D eigenvalue weighted by Crippen LogP contribution is -2.45. The van der Waals surface area contributed by atoms with Crippen LogP contribution in [0.5, 0.6) is 5.75 Å². The number of nitrogens with zero attached hydrogens (tertiary/aromatic N) is 1. The zero-order valence-corrected chi connectivity index (χ0v) is 15.7. The van der Waals surface area contributed by atoms with Gasteiger partial charge in [-0.1, -0.05) is 28.1 Å². The highest BCUT2D eigenvalue weighted by atomic mass is 79.9. The van der Waals surface area contributed by atoms with Crippen LogP contribution < -0.4 is 15.0 Å². The minimum absolute atomic E-state index is 0.133. The molecule has 0 aromatic heterocycles. The second kappa shape index (κ2) is 7.27. The van der Waals surface area contributed by atoms with Gasteiger partial charge >= 0.3 is 0 Å². The van der Waals surface area contributed by atoms with Crippen LogP contribution in [0.2, 0.25) is 0 Å². The number of ether oxygens (including phenoxy) is 1. The maximum Gasteiger partial charge on any atom is 0.267 e. The Balaban J connectivity index is 1.67. The summed E-state index contributed by atoms with van der Waals surface area (Å²) in [6.07, 6.45) is -0.339. The predicted octanol–water partition coefficient (Wildman–Crippen LogP) is 3.90. The molecule has 2 aromatic rings. The Labute approximate surface area is 155 Å². The number of amides is 2. The lowest BCUT2D eigenvalue weighted by Gasteiger charge is -2.32. The van der Waals surface area contributed by atoms with E-state index >= 15 is 0 Å². The molecule has 1 aliphatic rings. The number of carbonyl (C=O) groups is 2. The molecule has 0 fully saturated rings. The molecule has 0 saturated carbocycles. The third kappa shape index (κ3) is 3.85. The number of para-hydroxylation sites is 2. The summed E-state index contributed by atoms with van der Waals surface area (Å²) in [5, 5.41) is 2.87. The van der Waals surface area contributed by atoms with E-state index in [0.717, 1.165) is 15.7 Å². The zero-order valence-electron chi connectivity index (χ0n) is 14.1. The Bertz CT molecular complexity index is 822. The number of nitrogens with one attached hydrogen (secondary N) is 1. The first-order valence-corrected chi connectivity index (χ1v) is 8.88. The van der Waals surface area contributed by atoms with E-state index in [0.29, 0.717) is 18.0 Å². The van der Waals surface area contributed by atoms with Crippen LogP contribution in [0.4, 0.5) is 11.4 Å². The van der Waals surface area contributed by atoms with Gasteiger partial charge in [-0.3, -0.25) is 9.59 Å². The van der Waals surface area contributed by atoms with Crippen LogP contribution in [0.15, 0.2) is 46.9 Å². The lowest BCUT2D eigenvalue weighted by atomic mass is 10.1. The molecule has 0 saturated heterocycles. The van der Waals surface area contributed by atoms with Crippen molar-refractivity contribution in [2.75, 3.05) is 16.8 Å². The molecule has 0 spiro atoms. The summed E-state index contributed by atoms with van der Waals surface area (Å²) in [7, 11) is 0. The van der Waals surface area contributed by atoms with Gasteiger partial charge in [-0.2, -0.15) is 0 Å². The number of rotatable bonds is 4. The highest BCUT2D eigenvalue weighted by molar-refractivity contribution is 9.10. The SMILES string of the molecule is Cc1cc(NC(=O)CCN2C(=O)C(C)Oc3ccccc32)ccc1Br. The lowest BCUT2D eigenvalue weighted by molar-refractivity contribution is -0.125. The fraction of sp³-hybridized carbons (Fsp3) is 0.263. The van der Waals surface area contributed by atoms with Gasteiger partial charge in [0.25, 0.3) is 5.91 Å². The quantitative estimate of drug-likeness (QED) is 0.843. The summed E-state index contributed by atoms with van der Waals surface area (Å²) < 4.78 is 6.60. The van der Waals surface area contributed by atoms with E-state index in [1.54, 1.807) is 11.8 Å². The van der Waals surface area contributed by atoms with Gasteiger partial charge in [-0.05, 0) is 49.7 Å². The van der Waals surface area contributed by atoms with Crippen LogP contribution in [0, 0.1) is 6.92 Å². The first-order valence-electron chi connectivity index (χ1n) is 8.09. The Kier molecular flexibility index (Phi) is 5.08. The van der Waals surface area contributed by atoms with E-state index in [1.807, 2.05) is 49.4 Å². The summed E-state index contributed by atoms with van der Waals surface area (Å²) in [6, 6.07) is 13.0. The van der Waals surface area contributed by atoms with E-state index in [9.17, 15) is 9.59 Å². The number of carbonyl (C=O) groups excluding carboxylic acids is 2. The van der Waals surface area contributed by atoms with Crippen molar-refractivity contribution in [3.05, 3.63) is 52.5 Å². The minimum atomic E-state index is -0.549. The Hall–Kier alpha value is -2.34. The second-order valence-corrected chi connectivity index (χ2v) is 6.83. The average Bonchev–Trinajstić information content (AvgIpc) is 2.58. The van der Waals surface area contributed by atoms with Crippen LogP contribution in [-0.4, -0.2) is 24.5 Å². The summed E-state index contributed by atoms with van der Waals surface area (Å²) in [5.74, 6) is 0.399. The molecule has 1 aliphatic heterocycles. The number of benzene rings is 2. The molecule has 2 aromatic carbocycles. The van der Waals surface area contributed by atoms with Gasteiger partial charge in [0, 0.05) is 23.1 Å². The van der Waals surface area contributed by atoms with Crippen LogP contribution in [0.25, 0.3) is 0 Å². The summed E-state index contributed by atoms with van der Waals surface area (Å²) in [4.78, 5) is 26.3. The number of aryl methyl sites for hydroxylation is 1. The number of anilines is 2. The van der Waals surface area contributed by atoms with Gasteiger partial charge in [-0.25, -0.2) is 0 Å². The molecule has 0 radical (unpaired) electrons. The van der Waals surface area contributed by atoms with Gasteiger partial charge in [0.05, 0.1) is 5.69 Å². The van der Waals surface area contributed by atoms with Gasteiger partial charge < -0.3 is 15.0 Å². The molecular weight excluding hydrogens is 384 g/mol. The van der Waals surface area contributed by atoms with Gasteiger partial charge in [0.1, 0.15) is 5.75 Å². The highest BCUT2D eigenvalue weighted by Gasteiger charge is 2.31. The molecule has 2 amide bonds. The normalized spacial score (nSPS) is 16.2. The third-order valence-corrected chi connectivity index (χ3v) is 4.97. The molecule has 0 aliphatic carbocycles. The molecule has 1 unspecified atom stereocenters. The molecule has 1 N–H and O–H groups in total. The molecule has 0 bridgehead atoms. The van der Waals surface area contributed by atoms with E-state index in [-0.39, 0.29) is 18.2 Å². The summed E-state index contributed by atoms with van der Waals surface area (Å²) in [5.41, 5.74) is 2.49. The van der Waals surface area contributed by atoms with E-state index in [2.05, 4.69) is 21.2 Å². The van der Waals surface area contributed by atoms with Crippen LogP contribution in [-0.2, 0) is 9.59 Å². The van der Waals surface area contributed by atoms with E-state index in [1.165, 1.54) is 0 Å². The van der Waals surface area contributed by atoms with Crippen molar-refractivity contribution < 1.29 is 14.3 Å². The number of fused-ring (bicyclic) bond motifs is 1. The minimum Gasteiger partial charge on any atom is -0.479 e. The number of hydrogen-bond donors (Lipinski definition) is 1. The van der Waals surface area contributed by atoms with Crippen LogP contribution >= 0.6 is 15.9 Å². The third-order valence-electron chi connectivity index (χ3n) is 4.08. The average molecular weight is 403 g/mol. The molecule has 6 heteroatoms. The first kappa shape index (κ1) is 17.5. The topological polar surface area (TPSA) is 58.6 Å². The van der Waals surface area contributed by atoms with Crippen molar-refractivity contribution in [2.24, 2.45) is 0 Å².